The molecule has 37 heavy (non-hydrogen) atoms. The van der Waals surface area contributed by atoms with Crippen LogP contribution in [0.4, 0.5) is 0 Å². The zero-order valence-corrected chi connectivity index (χ0v) is 21.7. The van der Waals surface area contributed by atoms with Gasteiger partial charge in [-0.05, 0) is 31.5 Å². The molecule has 1 unspecified atom stereocenters. The summed E-state index contributed by atoms with van der Waals surface area (Å²) in [4.78, 5) is 56.7. The van der Waals surface area contributed by atoms with Crippen molar-refractivity contribution < 1.29 is 24.3 Å². The first-order valence-electron chi connectivity index (χ1n) is 11.4. The highest BCUT2D eigenvalue weighted by Crippen LogP contribution is 2.55. The van der Waals surface area contributed by atoms with Gasteiger partial charge in [-0.3, -0.25) is 24.3 Å². The summed E-state index contributed by atoms with van der Waals surface area (Å²) in [6, 6.07) is 13.8. The number of nitrogens with zero attached hydrogens (tertiary/aromatic N) is 2. The number of benzene rings is 2. The molecule has 2 aliphatic heterocycles. The molecule has 2 fully saturated rings. The molecule has 0 radical (unpaired) electrons. The normalized spacial score (nSPS) is 23.0. The van der Waals surface area contributed by atoms with Crippen LogP contribution in [0.3, 0.4) is 0 Å². The van der Waals surface area contributed by atoms with Crippen molar-refractivity contribution in [2.45, 2.75) is 42.1 Å². The second-order valence-corrected chi connectivity index (χ2v) is 11.4. The number of hydrogen-bond donors (Lipinski definition) is 4. The van der Waals surface area contributed by atoms with E-state index in [-0.39, 0.29) is 30.1 Å². The van der Waals surface area contributed by atoms with Crippen LogP contribution in [-0.2, 0) is 19.2 Å². The summed E-state index contributed by atoms with van der Waals surface area (Å²) < 4.78 is -1.04. The monoisotopic (exact) mass is 543 g/mol. The molecule has 3 atom stereocenters. The molecule has 12 heteroatoms. The average Bonchev–Trinajstić information content (AvgIpc) is 3.03. The fourth-order valence-corrected chi connectivity index (χ4v) is 6.41. The van der Waals surface area contributed by atoms with Crippen molar-refractivity contribution in [3.05, 3.63) is 70.7 Å². The number of rotatable bonds is 8. The Hall–Kier alpha value is -3.57. The average molecular weight is 544 g/mol. The van der Waals surface area contributed by atoms with Gasteiger partial charge >= 0.3 is 5.97 Å². The summed E-state index contributed by atoms with van der Waals surface area (Å²) in [6.07, 6.45) is 0.198. The number of fused-ring (bicyclic) bond motifs is 1. The van der Waals surface area contributed by atoms with Gasteiger partial charge in [0.2, 0.25) is 23.4 Å². The molecule has 4 rings (SSSR count). The quantitative estimate of drug-likeness (QED) is 0.225. The van der Waals surface area contributed by atoms with E-state index in [1.54, 1.807) is 68.4 Å². The van der Waals surface area contributed by atoms with E-state index in [9.17, 15) is 24.3 Å². The van der Waals surface area contributed by atoms with Gasteiger partial charge in [0.25, 0.3) is 0 Å². The van der Waals surface area contributed by atoms with Crippen molar-refractivity contribution in [1.82, 2.24) is 15.5 Å². The highest BCUT2D eigenvalue weighted by Gasteiger charge is 2.70. The van der Waals surface area contributed by atoms with Gasteiger partial charge in [0.1, 0.15) is 18.4 Å². The first-order chi connectivity index (χ1) is 17.5. The third-order valence-electron chi connectivity index (χ3n) is 6.40. The van der Waals surface area contributed by atoms with Crippen LogP contribution in [0, 0.1) is 0 Å². The van der Waals surface area contributed by atoms with E-state index in [0.29, 0.717) is 16.1 Å². The molecule has 10 nitrogen and oxygen atoms in total. The van der Waals surface area contributed by atoms with E-state index in [4.69, 9.17) is 17.3 Å². The molecule has 2 aromatic rings. The lowest BCUT2D eigenvalue weighted by molar-refractivity contribution is -0.173. The number of halogens is 1. The number of hydrogen-bond acceptors (Lipinski definition) is 6. The number of carboxylic acids is 1. The Labute approximate surface area is 222 Å². The Bertz CT molecular complexity index is 1290. The number of carbonyl (C=O) groups excluding carboxylic acids is 3. The first-order valence-corrected chi connectivity index (χ1v) is 12.7. The maximum atomic E-state index is 13.6. The lowest BCUT2D eigenvalue weighted by atomic mass is 9.89. The lowest BCUT2D eigenvalue weighted by Gasteiger charge is -2.46. The molecule has 2 aliphatic rings. The highest BCUT2D eigenvalue weighted by atomic mass is 35.5. The molecule has 2 aromatic carbocycles. The number of carbonyl (C=O) groups is 4. The molecule has 0 saturated carbocycles. The fraction of sp³-hybridized carbons (Fsp3) is 0.320. The first kappa shape index (κ1) is 26.5. The maximum Gasteiger partial charge on any atom is 0.352 e. The van der Waals surface area contributed by atoms with E-state index >= 15 is 0 Å². The molecular formula is C25H26ClN5O5S. The fourth-order valence-electron chi connectivity index (χ4n) is 4.52. The standard InChI is InChI=1S/C25H26ClN5O5S/c1-24(2)25(23(35)36,31-18(33)12-19(31)37-24)30-22(34)20(14-7-4-3-5-8-14)29-17(32)13-28-21(27)15-9-6-10-16(26)11-15/h3-11,19-20H,12-13H2,1-2H3,(H2,27,28)(H,29,32)(H,30,34)(H,35,36)/t19-,20?,25+/m1/s1. The van der Waals surface area contributed by atoms with E-state index in [1.165, 1.54) is 16.7 Å². The van der Waals surface area contributed by atoms with Crippen LogP contribution >= 0.6 is 23.4 Å². The van der Waals surface area contributed by atoms with Gasteiger partial charge in [-0.1, -0.05) is 54.1 Å². The smallest absolute Gasteiger partial charge is 0.352 e. The van der Waals surface area contributed by atoms with E-state index in [1.807, 2.05) is 0 Å². The second kappa shape index (κ2) is 10.1. The number of thioether (sulfide) groups is 1. The number of amidine groups is 1. The van der Waals surface area contributed by atoms with Gasteiger partial charge in [0.05, 0.1) is 16.5 Å². The zero-order chi connectivity index (χ0) is 27.0. The minimum absolute atomic E-state index is 0.0928. The van der Waals surface area contributed by atoms with E-state index in [2.05, 4.69) is 15.6 Å². The van der Waals surface area contributed by atoms with Crippen molar-refractivity contribution in [2.75, 3.05) is 6.54 Å². The largest absolute Gasteiger partial charge is 0.478 e. The second-order valence-electron chi connectivity index (χ2n) is 9.18. The molecule has 2 heterocycles. The molecule has 0 spiro atoms. The van der Waals surface area contributed by atoms with Crippen LogP contribution in [0.15, 0.2) is 59.6 Å². The van der Waals surface area contributed by atoms with Crippen molar-refractivity contribution in [3.8, 4) is 0 Å². The molecule has 5 N–H and O–H groups in total. The summed E-state index contributed by atoms with van der Waals surface area (Å²) >= 11 is 7.29. The summed E-state index contributed by atoms with van der Waals surface area (Å²) in [5, 5.41) is 15.6. The third kappa shape index (κ3) is 4.88. The molecule has 2 saturated heterocycles. The predicted molar refractivity (Wildman–Crippen MR) is 140 cm³/mol. The number of aliphatic imine (C=N–C) groups is 1. The summed E-state index contributed by atoms with van der Waals surface area (Å²) in [5.41, 5.74) is 4.96. The van der Waals surface area contributed by atoms with Crippen LogP contribution in [-0.4, -0.2) is 61.9 Å². The molecule has 3 amide bonds. The minimum atomic E-state index is -1.98. The summed E-state index contributed by atoms with van der Waals surface area (Å²) in [7, 11) is 0. The molecule has 0 aromatic heterocycles. The topological polar surface area (TPSA) is 154 Å². The number of nitrogens with one attached hydrogen (secondary N) is 2. The lowest BCUT2D eigenvalue weighted by Crippen LogP contribution is -2.75. The number of aliphatic carboxylic acids is 1. The van der Waals surface area contributed by atoms with Gasteiger partial charge < -0.3 is 21.5 Å². The maximum absolute atomic E-state index is 13.6. The third-order valence-corrected chi connectivity index (χ3v) is 8.17. The predicted octanol–water partition coefficient (Wildman–Crippen LogP) is 1.88. The van der Waals surface area contributed by atoms with Crippen molar-refractivity contribution in [1.29, 1.82) is 0 Å². The zero-order valence-electron chi connectivity index (χ0n) is 20.1. The van der Waals surface area contributed by atoms with E-state index in [0.717, 1.165) is 0 Å². The minimum Gasteiger partial charge on any atom is -0.478 e. The summed E-state index contributed by atoms with van der Waals surface area (Å²) in [6.45, 7) is 2.95. The van der Waals surface area contributed by atoms with Gasteiger partial charge in [0.15, 0.2) is 0 Å². The Kier molecular flexibility index (Phi) is 7.20. The van der Waals surface area contributed by atoms with Crippen LogP contribution < -0.4 is 16.4 Å². The van der Waals surface area contributed by atoms with Crippen LogP contribution in [0.5, 0.6) is 0 Å². The van der Waals surface area contributed by atoms with Crippen LogP contribution in [0.2, 0.25) is 5.02 Å². The summed E-state index contributed by atoms with van der Waals surface area (Å²) in [5.74, 6) is -3.02. The van der Waals surface area contributed by atoms with Crippen molar-refractivity contribution in [3.63, 3.8) is 0 Å². The Morgan fingerprint density at radius 1 is 1.22 bits per heavy atom. The number of carboxylic acid groups (broad SMARTS) is 1. The molecular weight excluding hydrogens is 518 g/mol. The molecule has 0 bridgehead atoms. The SMILES string of the molecule is CC1(C)S[C@@H]2CC(=O)N2[C@@]1(NC(=O)C(NC(=O)CN=C(N)c1cccc(Cl)c1)c1ccccc1)C(=O)O. The van der Waals surface area contributed by atoms with Gasteiger partial charge in [-0.2, -0.15) is 0 Å². The molecule has 194 valence electrons. The Balaban J connectivity index is 1.58. The van der Waals surface area contributed by atoms with Gasteiger partial charge in [-0.25, -0.2) is 4.79 Å². The number of nitrogens with two attached hydrogens (primary N) is 1. The number of β-lactam (4-membered cyclic amide) rings is 1. The van der Waals surface area contributed by atoms with Crippen molar-refractivity contribution >= 4 is 52.9 Å². The van der Waals surface area contributed by atoms with Crippen LogP contribution in [0.1, 0.15) is 37.4 Å². The van der Waals surface area contributed by atoms with E-state index < -0.39 is 34.2 Å². The van der Waals surface area contributed by atoms with Crippen molar-refractivity contribution in [2.24, 2.45) is 10.7 Å². The number of amides is 3. The van der Waals surface area contributed by atoms with Crippen LogP contribution in [0.25, 0.3) is 0 Å². The highest BCUT2D eigenvalue weighted by molar-refractivity contribution is 8.01. The Morgan fingerprint density at radius 2 is 1.92 bits per heavy atom. The van der Waals surface area contributed by atoms with Gasteiger partial charge in [-0.15, -0.1) is 11.8 Å². The van der Waals surface area contributed by atoms with Gasteiger partial charge in [0, 0.05) is 10.6 Å². The Morgan fingerprint density at radius 3 is 2.54 bits per heavy atom. The molecule has 0 aliphatic carbocycles.